The van der Waals surface area contributed by atoms with Gasteiger partial charge in [-0.1, -0.05) is 26.7 Å². The molecule has 0 aliphatic heterocycles. The molecule has 0 bridgehead atoms. The van der Waals surface area contributed by atoms with E-state index in [9.17, 15) is 0 Å². The quantitative estimate of drug-likeness (QED) is 0.588. The van der Waals surface area contributed by atoms with E-state index in [2.05, 4.69) is 19.2 Å². The van der Waals surface area contributed by atoms with Crippen molar-refractivity contribution in [1.82, 2.24) is 5.32 Å². The van der Waals surface area contributed by atoms with Gasteiger partial charge in [-0.3, -0.25) is 0 Å². The van der Waals surface area contributed by atoms with Crippen molar-refractivity contribution in [1.29, 1.82) is 0 Å². The van der Waals surface area contributed by atoms with E-state index in [1.165, 1.54) is 38.5 Å². The van der Waals surface area contributed by atoms with Crippen LogP contribution in [0.15, 0.2) is 0 Å². The molecule has 3 nitrogen and oxygen atoms in total. The molecule has 0 aromatic rings. The molecule has 0 spiro atoms. The summed E-state index contributed by atoms with van der Waals surface area (Å²) in [5.41, 5.74) is 0. The van der Waals surface area contributed by atoms with Crippen molar-refractivity contribution in [3.05, 3.63) is 0 Å². The Kier molecular flexibility index (Phi) is 10.3. The molecule has 1 rings (SSSR count). The highest BCUT2D eigenvalue weighted by Crippen LogP contribution is 2.29. The van der Waals surface area contributed by atoms with E-state index in [1.54, 1.807) is 7.11 Å². The van der Waals surface area contributed by atoms with Crippen LogP contribution in [0, 0.1) is 11.8 Å². The number of methoxy groups -OCH3 is 1. The van der Waals surface area contributed by atoms with Gasteiger partial charge in [-0.25, -0.2) is 0 Å². The highest BCUT2D eigenvalue weighted by molar-refractivity contribution is 4.78. The van der Waals surface area contributed by atoms with E-state index in [0.29, 0.717) is 6.61 Å². The zero-order chi connectivity index (χ0) is 14.6. The molecular formula is C17H35NO2. The Hall–Kier alpha value is -0.120. The lowest BCUT2D eigenvalue weighted by Gasteiger charge is -2.31. The normalized spacial score (nSPS) is 23.4. The first kappa shape index (κ1) is 17.9. The molecule has 3 heteroatoms. The minimum absolute atomic E-state index is 0.706. The first-order valence-electron chi connectivity index (χ1n) is 8.52. The average Bonchev–Trinajstić information content (AvgIpc) is 2.41. The molecule has 1 saturated carbocycles. The third-order valence-corrected chi connectivity index (χ3v) is 4.17. The van der Waals surface area contributed by atoms with Crippen LogP contribution >= 0.6 is 0 Å². The number of rotatable bonds is 11. The van der Waals surface area contributed by atoms with Gasteiger partial charge < -0.3 is 14.8 Å². The van der Waals surface area contributed by atoms with Crippen LogP contribution in [0.3, 0.4) is 0 Å². The van der Waals surface area contributed by atoms with Crippen molar-refractivity contribution < 1.29 is 9.47 Å². The van der Waals surface area contributed by atoms with Crippen LogP contribution < -0.4 is 5.32 Å². The minimum atomic E-state index is 0.706. The Morgan fingerprint density at radius 2 is 1.95 bits per heavy atom. The predicted octanol–water partition coefficient (Wildman–Crippen LogP) is 3.62. The van der Waals surface area contributed by atoms with E-state index in [-0.39, 0.29) is 0 Å². The molecule has 1 aliphatic rings. The lowest BCUT2D eigenvalue weighted by Crippen LogP contribution is -2.35. The number of unbranched alkanes of at least 4 members (excludes halogenated alkanes) is 1. The predicted molar refractivity (Wildman–Crippen MR) is 85.1 cm³/mol. The smallest absolute Gasteiger partial charge is 0.0700 e. The molecule has 2 unspecified atom stereocenters. The summed E-state index contributed by atoms with van der Waals surface area (Å²) in [7, 11) is 1.71. The third-order valence-electron chi connectivity index (χ3n) is 4.17. The largest absolute Gasteiger partial charge is 0.382 e. The fraction of sp³-hybridized carbons (Fsp3) is 1.00. The summed E-state index contributed by atoms with van der Waals surface area (Å²) in [5.74, 6) is 1.81. The lowest BCUT2D eigenvalue weighted by molar-refractivity contribution is 0.0686. The van der Waals surface area contributed by atoms with Gasteiger partial charge in [-0.2, -0.15) is 0 Å². The third kappa shape index (κ3) is 8.93. The zero-order valence-electron chi connectivity index (χ0n) is 13.8. The van der Waals surface area contributed by atoms with E-state index in [0.717, 1.165) is 44.1 Å². The van der Waals surface area contributed by atoms with Gasteiger partial charge >= 0.3 is 0 Å². The zero-order valence-corrected chi connectivity index (χ0v) is 13.8. The number of hydrogen-bond donors (Lipinski definition) is 1. The second kappa shape index (κ2) is 11.5. The van der Waals surface area contributed by atoms with Gasteiger partial charge in [0, 0.05) is 19.8 Å². The molecule has 20 heavy (non-hydrogen) atoms. The van der Waals surface area contributed by atoms with E-state index in [4.69, 9.17) is 9.47 Å². The van der Waals surface area contributed by atoms with Crippen LogP contribution in [-0.4, -0.2) is 39.5 Å². The Labute approximate surface area is 125 Å². The average molecular weight is 285 g/mol. The number of hydrogen-bond acceptors (Lipinski definition) is 3. The monoisotopic (exact) mass is 285 g/mol. The summed E-state index contributed by atoms with van der Waals surface area (Å²) < 4.78 is 10.4. The molecule has 1 fully saturated rings. The Morgan fingerprint density at radius 3 is 2.70 bits per heavy atom. The summed E-state index contributed by atoms with van der Waals surface area (Å²) in [5, 5.41) is 3.75. The molecule has 0 aromatic carbocycles. The summed E-state index contributed by atoms with van der Waals surface area (Å²) >= 11 is 0. The Morgan fingerprint density at radius 1 is 1.10 bits per heavy atom. The Bertz CT molecular complexity index is 221. The maximum atomic E-state index is 5.47. The van der Waals surface area contributed by atoms with Gasteiger partial charge in [-0.05, 0) is 50.5 Å². The molecule has 2 atom stereocenters. The van der Waals surface area contributed by atoms with Crippen LogP contribution in [-0.2, 0) is 9.47 Å². The van der Waals surface area contributed by atoms with Gasteiger partial charge in [0.1, 0.15) is 0 Å². The molecule has 0 radical (unpaired) electrons. The van der Waals surface area contributed by atoms with Crippen molar-refractivity contribution in [3.8, 4) is 0 Å². The van der Waals surface area contributed by atoms with Gasteiger partial charge in [-0.15, -0.1) is 0 Å². The first-order chi connectivity index (χ1) is 9.72. The topological polar surface area (TPSA) is 30.5 Å². The molecule has 0 heterocycles. The molecular weight excluding hydrogens is 250 g/mol. The van der Waals surface area contributed by atoms with Crippen LogP contribution in [0.2, 0.25) is 0 Å². The van der Waals surface area contributed by atoms with Crippen molar-refractivity contribution in [2.75, 3.05) is 33.5 Å². The van der Waals surface area contributed by atoms with Crippen molar-refractivity contribution in [3.63, 3.8) is 0 Å². The van der Waals surface area contributed by atoms with Crippen LogP contribution in [0.25, 0.3) is 0 Å². The number of ether oxygens (including phenoxy) is 2. The summed E-state index contributed by atoms with van der Waals surface area (Å²) in [6.45, 7) is 8.14. The van der Waals surface area contributed by atoms with Crippen molar-refractivity contribution in [2.24, 2.45) is 11.8 Å². The van der Waals surface area contributed by atoms with E-state index in [1.807, 2.05) is 0 Å². The molecule has 1 N–H and O–H groups in total. The highest BCUT2D eigenvalue weighted by atomic mass is 16.5. The van der Waals surface area contributed by atoms with E-state index >= 15 is 0 Å². The fourth-order valence-corrected chi connectivity index (χ4v) is 3.24. The van der Waals surface area contributed by atoms with Crippen LogP contribution in [0.5, 0.6) is 0 Å². The highest BCUT2D eigenvalue weighted by Gasteiger charge is 2.21. The van der Waals surface area contributed by atoms with Gasteiger partial charge in [0.2, 0.25) is 0 Å². The maximum absolute atomic E-state index is 5.47. The first-order valence-corrected chi connectivity index (χ1v) is 8.52. The maximum Gasteiger partial charge on any atom is 0.0700 e. The summed E-state index contributed by atoms with van der Waals surface area (Å²) in [6.07, 6.45) is 9.41. The van der Waals surface area contributed by atoms with Crippen LogP contribution in [0.4, 0.5) is 0 Å². The summed E-state index contributed by atoms with van der Waals surface area (Å²) in [4.78, 5) is 0. The SMILES string of the molecule is COCCOCCCCNC1CCCC(CC(C)C)C1. The summed E-state index contributed by atoms with van der Waals surface area (Å²) in [6, 6.07) is 0.766. The standard InChI is InChI=1S/C17H35NO2/c1-15(2)13-16-7-6-8-17(14-16)18-9-4-5-10-20-12-11-19-3/h15-18H,4-14H2,1-3H3. The second-order valence-electron chi connectivity index (χ2n) is 6.63. The van der Waals surface area contributed by atoms with Gasteiger partial charge in [0.05, 0.1) is 13.2 Å². The van der Waals surface area contributed by atoms with Gasteiger partial charge in [0.25, 0.3) is 0 Å². The van der Waals surface area contributed by atoms with Gasteiger partial charge in [0.15, 0.2) is 0 Å². The molecule has 0 saturated heterocycles. The lowest BCUT2D eigenvalue weighted by atomic mass is 9.81. The Balaban J connectivity index is 1.96. The molecule has 1 aliphatic carbocycles. The minimum Gasteiger partial charge on any atom is -0.382 e. The fourth-order valence-electron chi connectivity index (χ4n) is 3.24. The van der Waals surface area contributed by atoms with E-state index < -0.39 is 0 Å². The molecule has 120 valence electrons. The number of nitrogens with one attached hydrogen (secondary N) is 1. The van der Waals surface area contributed by atoms with Crippen molar-refractivity contribution in [2.45, 2.75) is 64.8 Å². The molecule has 0 aromatic heterocycles. The van der Waals surface area contributed by atoms with Crippen LogP contribution in [0.1, 0.15) is 58.8 Å². The molecule has 0 amide bonds. The van der Waals surface area contributed by atoms with Crippen molar-refractivity contribution >= 4 is 0 Å². The second-order valence-corrected chi connectivity index (χ2v) is 6.63.